The number of rotatable bonds is 7. The Balaban J connectivity index is 1.58. The Morgan fingerprint density at radius 2 is 1.97 bits per heavy atom. The molecule has 29 heavy (non-hydrogen) atoms. The highest BCUT2D eigenvalue weighted by Gasteiger charge is 2.31. The second-order valence-electron chi connectivity index (χ2n) is 6.92. The van der Waals surface area contributed by atoms with Gasteiger partial charge in [-0.1, -0.05) is 31.0 Å². The maximum absolute atomic E-state index is 12.4. The number of carbonyl (C=O) groups is 1. The zero-order valence-corrected chi connectivity index (χ0v) is 16.7. The number of halogens is 3. The lowest BCUT2D eigenvalue weighted by atomic mass is 9.89. The Hall–Kier alpha value is -2.30. The lowest BCUT2D eigenvalue weighted by Gasteiger charge is -2.22. The summed E-state index contributed by atoms with van der Waals surface area (Å²) < 4.78 is 42.1. The van der Waals surface area contributed by atoms with Crippen molar-refractivity contribution in [3.63, 3.8) is 0 Å². The first kappa shape index (κ1) is 21.4. The summed E-state index contributed by atoms with van der Waals surface area (Å²) in [6.45, 7) is 2.44. The quantitative estimate of drug-likeness (QED) is 0.676. The van der Waals surface area contributed by atoms with E-state index in [1.54, 1.807) is 6.92 Å². The molecule has 1 amide bonds. The average molecular weight is 429 g/mol. The Labute approximate surface area is 170 Å². The molecular weight excluding hydrogens is 407 g/mol. The largest absolute Gasteiger partial charge is 0.573 e. The third-order valence-electron chi connectivity index (χ3n) is 4.70. The van der Waals surface area contributed by atoms with Gasteiger partial charge < -0.3 is 10.1 Å². The summed E-state index contributed by atoms with van der Waals surface area (Å²) in [4.78, 5) is 12.4. The maximum Gasteiger partial charge on any atom is 0.573 e. The Kier molecular flexibility index (Phi) is 6.99. The van der Waals surface area contributed by atoms with Gasteiger partial charge in [-0.25, -0.2) is 0 Å². The van der Waals surface area contributed by atoms with E-state index in [9.17, 15) is 18.0 Å². The molecule has 0 saturated heterocycles. The first-order chi connectivity index (χ1) is 13.8. The molecule has 0 spiro atoms. The van der Waals surface area contributed by atoms with E-state index in [4.69, 9.17) is 0 Å². The van der Waals surface area contributed by atoms with Gasteiger partial charge >= 0.3 is 6.36 Å². The molecule has 11 heteroatoms. The summed E-state index contributed by atoms with van der Waals surface area (Å²) in [5.41, 5.74) is 0.460. The second kappa shape index (κ2) is 9.47. The fourth-order valence-electron chi connectivity index (χ4n) is 3.20. The molecule has 158 valence electrons. The minimum Gasteiger partial charge on any atom is -0.406 e. The molecule has 1 aromatic heterocycles. The van der Waals surface area contributed by atoms with Crippen molar-refractivity contribution in [1.29, 1.82) is 0 Å². The topological polar surface area (TPSA) is 81.9 Å². The molecule has 0 radical (unpaired) electrons. The first-order valence-corrected chi connectivity index (χ1v) is 10.3. The van der Waals surface area contributed by atoms with E-state index in [-0.39, 0.29) is 11.7 Å². The van der Waals surface area contributed by atoms with Crippen LogP contribution < -0.4 is 10.1 Å². The van der Waals surface area contributed by atoms with Crippen LogP contribution in [0.25, 0.3) is 5.69 Å². The van der Waals surface area contributed by atoms with Crippen LogP contribution in [0.1, 0.15) is 39.0 Å². The molecule has 1 aliphatic carbocycles. The fourth-order valence-corrected chi connectivity index (χ4v) is 4.03. The molecule has 3 rings (SSSR count). The van der Waals surface area contributed by atoms with Gasteiger partial charge in [-0.3, -0.25) is 4.79 Å². The minimum atomic E-state index is -4.75. The lowest BCUT2D eigenvalue weighted by molar-refractivity contribution is -0.274. The molecule has 1 heterocycles. The monoisotopic (exact) mass is 429 g/mol. The minimum absolute atomic E-state index is 0.0935. The molecule has 2 aromatic rings. The standard InChI is InChI=1S/C18H22F3N5O2S/c1-12(16(27)22-11-13-5-3-2-4-6-13)29-17-23-24-25-26(17)14-7-9-15(10-8-14)28-18(19,20)21/h7-10,12-13H,2-6,11H2,1H3,(H,22,27)/t12-/m0/s1. The van der Waals surface area contributed by atoms with Crippen molar-refractivity contribution >= 4 is 17.7 Å². The van der Waals surface area contributed by atoms with Crippen LogP contribution in [-0.2, 0) is 4.79 Å². The van der Waals surface area contributed by atoms with Gasteiger partial charge in [0.15, 0.2) is 0 Å². The van der Waals surface area contributed by atoms with Crippen LogP contribution in [0.2, 0.25) is 0 Å². The number of nitrogens with one attached hydrogen (secondary N) is 1. The Morgan fingerprint density at radius 1 is 1.28 bits per heavy atom. The number of hydrogen-bond donors (Lipinski definition) is 1. The Morgan fingerprint density at radius 3 is 2.62 bits per heavy atom. The first-order valence-electron chi connectivity index (χ1n) is 9.41. The molecule has 1 N–H and O–H groups in total. The van der Waals surface area contributed by atoms with Crippen molar-refractivity contribution in [2.24, 2.45) is 5.92 Å². The number of amides is 1. The van der Waals surface area contributed by atoms with Gasteiger partial charge in [0.25, 0.3) is 0 Å². The predicted octanol–water partition coefficient (Wildman–Crippen LogP) is 3.74. The van der Waals surface area contributed by atoms with Crippen LogP contribution in [-0.4, -0.2) is 44.3 Å². The number of alkyl halides is 3. The number of tetrazole rings is 1. The van der Waals surface area contributed by atoms with Crippen molar-refractivity contribution in [2.75, 3.05) is 6.54 Å². The van der Waals surface area contributed by atoms with Crippen LogP contribution >= 0.6 is 11.8 Å². The molecule has 1 aromatic carbocycles. The van der Waals surface area contributed by atoms with E-state index in [2.05, 4.69) is 25.6 Å². The molecule has 1 atom stereocenters. The van der Waals surface area contributed by atoms with Gasteiger partial charge in [0.2, 0.25) is 11.1 Å². The van der Waals surface area contributed by atoms with Crippen molar-refractivity contribution in [2.45, 2.75) is 55.8 Å². The molecule has 7 nitrogen and oxygen atoms in total. The number of carbonyl (C=O) groups excluding carboxylic acids is 1. The molecule has 1 saturated carbocycles. The van der Waals surface area contributed by atoms with Crippen LogP contribution in [0.4, 0.5) is 13.2 Å². The number of hydrogen-bond acceptors (Lipinski definition) is 6. The maximum atomic E-state index is 12.4. The van der Waals surface area contributed by atoms with E-state index in [1.807, 2.05) is 0 Å². The van der Waals surface area contributed by atoms with Gasteiger partial charge in [-0.05, 0) is 60.4 Å². The highest BCUT2D eigenvalue weighted by atomic mass is 32.2. The van der Waals surface area contributed by atoms with Crippen LogP contribution in [0.5, 0.6) is 5.75 Å². The van der Waals surface area contributed by atoms with E-state index >= 15 is 0 Å². The second-order valence-corrected chi connectivity index (χ2v) is 8.23. The highest BCUT2D eigenvalue weighted by molar-refractivity contribution is 8.00. The number of ether oxygens (including phenoxy) is 1. The summed E-state index contributed by atoms with van der Waals surface area (Å²) >= 11 is 1.18. The van der Waals surface area contributed by atoms with Crippen molar-refractivity contribution in [3.05, 3.63) is 24.3 Å². The summed E-state index contributed by atoms with van der Waals surface area (Å²) in [5, 5.41) is 14.3. The average Bonchev–Trinajstić information content (AvgIpc) is 3.14. The fraction of sp³-hybridized carbons (Fsp3) is 0.556. The molecule has 0 aliphatic heterocycles. The SMILES string of the molecule is C[C@H](Sc1nnnn1-c1ccc(OC(F)(F)F)cc1)C(=O)NCC1CCCCC1. The van der Waals surface area contributed by atoms with Crippen molar-refractivity contribution in [3.8, 4) is 11.4 Å². The van der Waals surface area contributed by atoms with Gasteiger partial charge in [0, 0.05) is 6.54 Å². The zero-order valence-electron chi connectivity index (χ0n) is 15.9. The van der Waals surface area contributed by atoms with Crippen molar-refractivity contribution < 1.29 is 22.7 Å². The highest BCUT2D eigenvalue weighted by Crippen LogP contribution is 2.27. The summed E-state index contributed by atoms with van der Waals surface area (Å²) in [5.74, 6) is 0.107. The molecule has 1 fully saturated rings. The van der Waals surface area contributed by atoms with Crippen LogP contribution in [0.15, 0.2) is 29.4 Å². The number of thioether (sulfide) groups is 1. The summed E-state index contributed by atoms with van der Waals surface area (Å²) in [6, 6.07) is 5.18. The summed E-state index contributed by atoms with van der Waals surface area (Å²) in [6.07, 6.45) is 1.24. The number of benzene rings is 1. The molecule has 0 bridgehead atoms. The molecular formula is C18H22F3N5O2S. The van der Waals surface area contributed by atoms with Crippen molar-refractivity contribution in [1.82, 2.24) is 25.5 Å². The van der Waals surface area contributed by atoms with Gasteiger partial charge in [0.05, 0.1) is 10.9 Å². The third kappa shape index (κ3) is 6.34. The van der Waals surface area contributed by atoms with Gasteiger partial charge in [0.1, 0.15) is 5.75 Å². The number of aromatic nitrogens is 4. The Bertz CT molecular complexity index is 807. The lowest BCUT2D eigenvalue weighted by Crippen LogP contribution is -2.35. The van der Waals surface area contributed by atoms with Gasteiger partial charge in [-0.2, -0.15) is 4.68 Å². The molecule has 0 unspecified atom stereocenters. The normalized spacial score (nSPS) is 16.4. The van der Waals surface area contributed by atoms with Crippen LogP contribution in [0, 0.1) is 5.92 Å². The van der Waals surface area contributed by atoms with E-state index in [0.717, 1.165) is 12.8 Å². The van der Waals surface area contributed by atoms with E-state index in [1.165, 1.54) is 60.0 Å². The zero-order chi connectivity index (χ0) is 20.9. The molecule has 1 aliphatic rings. The van der Waals surface area contributed by atoms with Crippen LogP contribution in [0.3, 0.4) is 0 Å². The van der Waals surface area contributed by atoms with E-state index < -0.39 is 11.6 Å². The predicted molar refractivity (Wildman–Crippen MR) is 101 cm³/mol. The van der Waals surface area contributed by atoms with Gasteiger partial charge in [-0.15, -0.1) is 18.3 Å². The number of nitrogens with zero attached hydrogens (tertiary/aromatic N) is 4. The third-order valence-corrected chi connectivity index (χ3v) is 5.73. The smallest absolute Gasteiger partial charge is 0.406 e. The van der Waals surface area contributed by atoms with E-state index in [0.29, 0.717) is 23.3 Å². The summed E-state index contributed by atoms with van der Waals surface area (Å²) in [7, 11) is 0.